The molecule has 0 spiro atoms. The molecule has 0 aromatic rings. The van der Waals surface area contributed by atoms with E-state index in [1.54, 1.807) is 0 Å². The minimum atomic E-state index is -0.0457. The Hall–Kier alpha value is -1.05. The first-order valence-electron chi connectivity index (χ1n) is 5.87. The van der Waals surface area contributed by atoms with Gasteiger partial charge in [0.2, 0.25) is 0 Å². The van der Waals surface area contributed by atoms with E-state index in [1.807, 2.05) is 6.92 Å². The van der Waals surface area contributed by atoms with Crippen molar-refractivity contribution in [3.8, 4) is 0 Å². The van der Waals surface area contributed by atoms with Crippen LogP contribution in [0.4, 0.5) is 0 Å². The maximum atomic E-state index is 11.3. The molecule has 0 saturated heterocycles. The molecule has 0 radical (unpaired) electrons. The Morgan fingerprint density at radius 3 is 3.20 bits per heavy atom. The smallest absolute Gasteiger partial charge is 0.305 e. The summed E-state index contributed by atoms with van der Waals surface area (Å²) in [5, 5.41) is 0. The molecule has 0 amide bonds. The minimum absolute atomic E-state index is 0.0457. The minimum Gasteiger partial charge on any atom is -0.462 e. The second kappa shape index (κ2) is 3.22. The normalized spacial score (nSPS) is 40.5. The quantitative estimate of drug-likeness (QED) is 0.646. The number of allylic oxidation sites excluding steroid dienone is 3. The van der Waals surface area contributed by atoms with E-state index >= 15 is 0 Å². The summed E-state index contributed by atoms with van der Waals surface area (Å²) in [6.45, 7) is 1.86. The number of hydrogen-bond acceptors (Lipinski definition) is 2. The van der Waals surface area contributed by atoms with Crippen LogP contribution in [0.2, 0.25) is 0 Å². The van der Waals surface area contributed by atoms with Gasteiger partial charge in [-0.15, -0.1) is 0 Å². The van der Waals surface area contributed by atoms with Gasteiger partial charge in [-0.05, 0) is 18.8 Å². The number of ether oxygens (including phenoxy) is 1. The van der Waals surface area contributed by atoms with Gasteiger partial charge in [0.15, 0.2) is 0 Å². The average Bonchev–Trinajstić information content (AvgIpc) is 2.87. The zero-order chi connectivity index (χ0) is 10.4. The summed E-state index contributed by atoms with van der Waals surface area (Å²) >= 11 is 0. The number of fused-ring (bicyclic) bond motifs is 5. The van der Waals surface area contributed by atoms with Crippen LogP contribution >= 0.6 is 0 Å². The Bertz CT molecular complexity index is 354. The van der Waals surface area contributed by atoms with Crippen LogP contribution in [-0.4, -0.2) is 12.1 Å². The Morgan fingerprint density at radius 2 is 2.40 bits per heavy atom. The highest BCUT2D eigenvalue weighted by Gasteiger charge is 2.50. The van der Waals surface area contributed by atoms with Crippen molar-refractivity contribution >= 4 is 5.97 Å². The summed E-state index contributed by atoms with van der Waals surface area (Å²) in [6, 6.07) is 0. The monoisotopic (exact) mass is 204 g/mol. The van der Waals surface area contributed by atoms with Gasteiger partial charge in [-0.2, -0.15) is 0 Å². The molecule has 4 unspecified atom stereocenters. The van der Waals surface area contributed by atoms with Crippen molar-refractivity contribution < 1.29 is 9.53 Å². The first-order valence-corrected chi connectivity index (χ1v) is 5.87. The van der Waals surface area contributed by atoms with Gasteiger partial charge in [-0.1, -0.05) is 30.7 Å². The lowest BCUT2D eigenvalue weighted by atomic mass is 9.85. The Morgan fingerprint density at radius 1 is 1.53 bits per heavy atom. The average molecular weight is 204 g/mol. The number of hydrogen-bond donors (Lipinski definition) is 0. The Balaban J connectivity index is 1.74. The van der Waals surface area contributed by atoms with Crippen molar-refractivity contribution in [2.24, 2.45) is 17.8 Å². The van der Waals surface area contributed by atoms with Crippen LogP contribution < -0.4 is 0 Å². The van der Waals surface area contributed by atoms with Crippen molar-refractivity contribution in [1.82, 2.24) is 0 Å². The summed E-state index contributed by atoms with van der Waals surface area (Å²) in [6.07, 6.45) is 9.65. The van der Waals surface area contributed by atoms with E-state index in [4.69, 9.17) is 4.74 Å². The van der Waals surface area contributed by atoms with E-state index in [0.29, 0.717) is 18.3 Å². The van der Waals surface area contributed by atoms with Crippen molar-refractivity contribution in [2.75, 3.05) is 0 Å². The van der Waals surface area contributed by atoms with Crippen LogP contribution in [-0.2, 0) is 9.53 Å². The predicted molar refractivity (Wildman–Crippen MR) is 57.1 cm³/mol. The molecule has 0 aromatic heterocycles. The van der Waals surface area contributed by atoms with E-state index < -0.39 is 0 Å². The van der Waals surface area contributed by atoms with Gasteiger partial charge >= 0.3 is 5.97 Å². The molecule has 2 saturated carbocycles. The maximum Gasteiger partial charge on any atom is 0.305 e. The van der Waals surface area contributed by atoms with E-state index in [0.717, 1.165) is 12.3 Å². The molecule has 0 heterocycles. The molecule has 0 N–H and O–H groups in total. The summed E-state index contributed by atoms with van der Waals surface area (Å²) in [5.41, 5.74) is 1.51. The number of carbonyl (C=O) groups is 1. The highest BCUT2D eigenvalue weighted by Crippen LogP contribution is 2.55. The molecule has 4 atom stereocenters. The summed E-state index contributed by atoms with van der Waals surface area (Å²) < 4.78 is 5.50. The zero-order valence-electron chi connectivity index (χ0n) is 8.98. The van der Waals surface area contributed by atoms with Crippen molar-refractivity contribution in [1.29, 1.82) is 0 Å². The van der Waals surface area contributed by atoms with E-state index in [-0.39, 0.29) is 12.1 Å². The summed E-state index contributed by atoms with van der Waals surface area (Å²) in [4.78, 5) is 11.3. The van der Waals surface area contributed by atoms with E-state index in [9.17, 15) is 4.79 Å². The maximum absolute atomic E-state index is 11.3. The first-order chi connectivity index (χ1) is 7.29. The summed E-state index contributed by atoms with van der Waals surface area (Å²) in [7, 11) is 0. The van der Waals surface area contributed by atoms with Gasteiger partial charge in [0.25, 0.3) is 0 Å². The molecule has 2 heteroatoms. The van der Waals surface area contributed by atoms with E-state index in [1.165, 1.54) is 12.0 Å². The lowest BCUT2D eigenvalue weighted by Gasteiger charge is -2.27. The van der Waals surface area contributed by atoms with E-state index in [2.05, 4.69) is 18.2 Å². The van der Waals surface area contributed by atoms with Crippen LogP contribution in [0.1, 0.15) is 26.2 Å². The fourth-order valence-electron chi connectivity index (χ4n) is 3.37. The van der Waals surface area contributed by atoms with Gasteiger partial charge in [0.05, 0.1) is 0 Å². The molecule has 0 aliphatic heterocycles. The second-order valence-electron chi connectivity index (χ2n) is 4.80. The zero-order valence-corrected chi connectivity index (χ0v) is 8.98. The lowest BCUT2D eigenvalue weighted by Crippen LogP contribution is -2.27. The third kappa shape index (κ3) is 1.27. The van der Waals surface area contributed by atoms with Crippen LogP contribution in [0, 0.1) is 17.8 Å². The molecule has 2 fully saturated rings. The Labute approximate surface area is 90.0 Å². The van der Waals surface area contributed by atoms with Gasteiger partial charge in [-0.25, -0.2) is 0 Å². The molecular weight excluding hydrogens is 188 g/mol. The highest BCUT2D eigenvalue weighted by atomic mass is 16.5. The predicted octanol–water partition coefficient (Wildman–Crippen LogP) is 2.46. The number of rotatable bonds is 2. The largest absolute Gasteiger partial charge is 0.462 e. The SMILES string of the molecule is CCC(=O)OC1CC2CC1C1=CC=CC12. The fourth-order valence-corrected chi connectivity index (χ4v) is 3.37. The van der Waals surface area contributed by atoms with Crippen molar-refractivity contribution in [3.05, 3.63) is 23.8 Å². The van der Waals surface area contributed by atoms with Crippen LogP contribution in [0.5, 0.6) is 0 Å². The first kappa shape index (κ1) is 9.20. The topological polar surface area (TPSA) is 26.3 Å². The fraction of sp³-hybridized carbons (Fsp3) is 0.615. The number of carbonyl (C=O) groups excluding carboxylic acids is 1. The summed E-state index contributed by atoms with van der Waals surface area (Å²) in [5.74, 6) is 1.88. The third-order valence-electron chi connectivity index (χ3n) is 4.04. The van der Waals surface area contributed by atoms with Crippen LogP contribution in [0.3, 0.4) is 0 Å². The standard InChI is InChI=1S/C13H16O2/c1-2-13(14)15-12-7-8-6-11(12)10-5-3-4-9(8)10/h3-5,8-9,11-12H,2,6-7H2,1H3. The molecule has 0 aromatic carbocycles. The second-order valence-corrected chi connectivity index (χ2v) is 4.80. The molecule has 3 aliphatic rings. The molecular formula is C13H16O2. The lowest BCUT2D eigenvalue weighted by molar-refractivity contribution is -0.150. The van der Waals surface area contributed by atoms with Crippen molar-refractivity contribution in [2.45, 2.75) is 32.3 Å². The molecule has 2 bridgehead atoms. The van der Waals surface area contributed by atoms with Gasteiger partial charge in [0, 0.05) is 18.3 Å². The molecule has 15 heavy (non-hydrogen) atoms. The highest BCUT2D eigenvalue weighted by molar-refractivity contribution is 5.69. The third-order valence-corrected chi connectivity index (χ3v) is 4.04. The Kier molecular flexibility index (Phi) is 1.98. The van der Waals surface area contributed by atoms with Gasteiger partial charge in [-0.3, -0.25) is 4.79 Å². The van der Waals surface area contributed by atoms with Crippen LogP contribution in [0.25, 0.3) is 0 Å². The van der Waals surface area contributed by atoms with Crippen LogP contribution in [0.15, 0.2) is 23.8 Å². The van der Waals surface area contributed by atoms with Crippen molar-refractivity contribution in [3.63, 3.8) is 0 Å². The molecule has 3 aliphatic carbocycles. The van der Waals surface area contributed by atoms with Gasteiger partial charge in [0.1, 0.15) is 6.10 Å². The van der Waals surface area contributed by atoms with Gasteiger partial charge < -0.3 is 4.74 Å². The molecule has 80 valence electrons. The molecule has 2 nitrogen and oxygen atoms in total. The number of esters is 1. The molecule has 3 rings (SSSR count).